The molecule has 3 aromatic carbocycles. The molecule has 0 unspecified atom stereocenters. The molecule has 0 spiro atoms. The van der Waals surface area contributed by atoms with Crippen molar-refractivity contribution >= 4 is 54.5 Å². The molecule has 0 saturated heterocycles. The van der Waals surface area contributed by atoms with Crippen LogP contribution in [0.2, 0.25) is 0 Å². The first-order valence-electron chi connectivity index (χ1n) is 10.1. The van der Waals surface area contributed by atoms with Crippen molar-refractivity contribution in [3.63, 3.8) is 0 Å². The molecule has 1 aromatic heterocycles. The van der Waals surface area contributed by atoms with Crippen LogP contribution in [0.5, 0.6) is 0 Å². The molecule has 0 saturated carbocycles. The van der Waals surface area contributed by atoms with E-state index >= 15 is 0 Å². The molecule has 4 nitrogen and oxygen atoms in total. The third-order valence-electron chi connectivity index (χ3n) is 5.34. The van der Waals surface area contributed by atoms with E-state index in [9.17, 15) is 9.59 Å². The zero-order valence-corrected chi connectivity index (χ0v) is 20.2. The highest BCUT2D eigenvalue weighted by Gasteiger charge is 2.27. The van der Waals surface area contributed by atoms with E-state index < -0.39 is 0 Å². The topological polar surface area (TPSA) is 43.0 Å². The smallest absolute Gasteiger partial charge is 0.257 e. The van der Waals surface area contributed by atoms with Crippen molar-refractivity contribution in [2.75, 3.05) is 0 Å². The average molecular weight is 541 g/mol. The van der Waals surface area contributed by atoms with Gasteiger partial charge in [-0.3, -0.25) is 9.59 Å². The lowest BCUT2D eigenvalue weighted by Crippen LogP contribution is -2.41. The maximum absolute atomic E-state index is 13.0. The Bertz CT molecular complexity index is 1160. The van der Waals surface area contributed by atoms with Crippen molar-refractivity contribution in [3.05, 3.63) is 98.7 Å². The molecule has 4 aromatic rings. The van der Waals surface area contributed by atoms with E-state index in [-0.39, 0.29) is 24.7 Å². The minimum absolute atomic E-state index is 0.0364. The summed E-state index contributed by atoms with van der Waals surface area (Å²) in [5.41, 5.74) is 3.24. The summed E-state index contributed by atoms with van der Waals surface area (Å²) in [7, 11) is 0. The van der Waals surface area contributed by atoms with Crippen LogP contribution >= 0.6 is 31.9 Å². The number of halogens is 2. The lowest BCUT2D eigenvalue weighted by molar-refractivity contribution is -0.665. The van der Waals surface area contributed by atoms with Crippen LogP contribution in [0.4, 0.5) is 0 Å². The summed E-state index contributed by atoms with van der Waals surface area (Å²) in [5, 5.41) is 0. The third-order valence-corrected chi connectivity index (χ3v) is 6.40. The van der Waals surface area contributed by atoms with Crippen molar-refractivity contribution in [1.29, 1.82) is 0 Å². The molecule has 0 atom stereocenters. The number of hydrogen-bond donors (Lipinski definition) is 0. The number of ketones is 2. The molecule has 0 amide bonds. The van der Waals surface area contributed by atoms with Gasteiger partial charge in [-0.05, 0) is 36.4 Å². The Balaban J connectivity index is 1.73. The van der Waals surface area contributed by atoms with Gasteiger partial charge in [0.1, 0.15) is 0 Å². The van der Waals surface area contributed by atoms with Crippen molar-refractivity contribution in [2.24, 2.45) is 0 Å². The fourth-order valence-corrected chi connectivity index (χ4v) is 4.35. The van der Waals surface area contributed by atoms with Gasteiger partial charge in [0.15, 0.2) is 24.1 Å². The predicted octanol–water partition coefficient (Wildman–Crippen LogP) is 5.78. The summed E-state index contributed by atoms with van der Waals surface area (Å²) < 4.78 is 5.95. The quantitative estimate of drug-likeness (QED) is 0.220. The summed E-state index contributed by atoms with van der Waals surface area (Å²) in [4.78, 5) is 26.0. The van der Waals surface area contributed by atoms with Crippen molar-refractivity contribution in [2.45, 2.75) is 26.4 Å². The second-order valence-electron chi connectivity index (χ2n) is 7.29. The zero-order chi connectivity index (χ0) is 22.0. The lowest BCUT2D eigenvalue weighted by atomic mass is 10.1. The number of imidazole rings is 1. The number of carbonyl (C=O) groups is 2. The summed E-state index contributed by atoms with van der Waals surface area (Å²) in [5.74, 6) is 1.03. The maximum atomic E-state index is 13.0. The number of aromatic nitrogens is 2. The van der Waals surface area contributed by atoms with E-state index in [1.165, 1.54) is 0 Å². The first-order valence-corrected chi connectivity index (χ1v) is 11.6. The van der Waals surface area contributed by atoms with Crippen LogP contribution in [-0.4, -0.2) is 16.1 Å². The van der Waals surface area contributed by atoms with E-state index in [0.717, 1.165) is 25.8 Å². The molecule has 0 radical (unpaired) electrons. The van der Waals surface area contributed by atoms with E-state index in [2.05, 4.69) is 38.8 Å². The fraction of sp³-hybridized carbons (Fsp3) is 0.160. The number of benzene rings is 3. The van der Waals surface area contributed by atoms with Crippen LogP contribution in [0, 0.1) is 0 Å². The Morgan fingerprint density at radius 2 is 1.35 bits per heavy atom. The van der Waals surface area contributed by atoms with Gasteiger partial charge in [0.2, 0.25) is 11.6 Å². The Morgan fingerprint density at radius 3 is 1.94 bits per heavy atom. The average Bonchev–Trinajstić information content (AvgIpc) is 3.07. The SMILES string of the molecule is CCc1n(CC(=O)c2ccc(Br)cc2)c2ccccc2[n+]1CC(=O)c1ccc(Br)cc1. The van der Waals surface area contributed by atoms with Gasteiger partial charge in [-0.25, -0.2) is 9.13 Å². The molecule has 0 bridgehead atoms. The van der Waals surface area contributed by atoms with Crippen molar-refractivity contribution in [3.8, 4) is 0 Å². The number of rotatable bonds is 7. The predicted molar refractivity (Wildman–Crippen MR) is 128 cm³/mol. The Kier molecular flexibility index (Phi) is 6.49. The normalized spacial score (nSPS) is 11.1. The minimum Gasteiger partial charge on any atom is -0.290 e. The van der Waals surface area contributed by atoms with Gasteiger partial charge in [-0.15, -0.1) is 0 Å². The van der Waals surface area contributed by atoms with Gasteiger partial charge in [-0.2, -0.15) is 0 Å². The summed E-state index contributed by atoms with van der Waals surface area (Å²) >= 11 is 6.82. The Labute approximate surface area is 197 Å². The number of carbonyl (C=O) groups excluding carboxylic acids is 2. The summed E-state index contributed by atoms with van der Waals surface area (Å²) in [6.07, 6.45) is 0.704. The van der Waals surface area contributed by atoms with Crippen LogP contribution in [0.3, 0.4) is 0 Å². The lowest BCUT2D eigenvalue weighted by Gasteiger charge is -2.05. The van der Waals surface area contributed by atoms with Crippen LogP contribution < -0.4 is 4.57 Å². The van der Waals surface area contributed by atoms with Gasteiger partial charge >= 0.3 is 0 Å². The second-order valence-corrected chi connectivity index (χ2v) is 9.12. The van der Waals surface area contributed by atoms with E-state index in [0.29, 0.717) is 17.5 Å². The minimum atomic E-state index is 0.0364. The zero-order valence-electron chi connectivity index (χ0n) is 17.0. The first-order chi connectivity index (χ1) is 15.0. The molecule has 1 heterocycles. The van der Waals surface area contributed by atoms with Crippen molar-refractivity contribution < 1.29 is 14.2 Å². The highest BCUT2D eigenvalue weighted by Crippen LogP contribution is 2.18. The molecular formula is C25H21Br2N2O2+. The Morgan fingerprint density at radius 1 is 0.806 bits per heavy atom. The number of Topliss-reactive ketones (excluding diaryl/α,β-unsaturated/α-hetero) is 2. The molecule has 156 valence electrons. The highest BCUT2D eigenvalue weighted by atomic mass is 79.9. The molecule has 0 N–H and O–H groups in total. The molecule has 0 aliphatic rings. The van der Waals surface area contributed by atoms with Crippen LogP contribution in [0.25, 0.3) is 11.0 Å². The molecular weight excluding hydrogens is 520 g/mol. The number of hydrogen-bond acceptors (Lipinski definition) is 2. The third kappa shape index (κ3) is 4.55. The van der Waals surface area contributed by atoms with E-state index in [1.807, 2.05) is 81.9 Å². The summed E-state index contributed by atoms with van der Waals surface area (Å²) in [6.45, 7) is 2.50. The molecule has 6 heteroatoms. The van der Waals surface area contributed by atoms with Gasteiger partial charge in [-0.1, -0.05) is 75.2 Å². The van der Waals surface area contributed by atoms with Crippen LogP contribution in [0.1, 0.15) is 33.5 Å². The highest BCUT2D eigenvalue weighted by molar-refractivity contribution is 9.10. The van der Waals surface area contributed by atoms with Crippen molar-refractivity contribution in [1.82, 2.24) is 4.57 Å². The van der Waals surface area contributed by atoms with Gasteiger partial charge in [0.05, 0.1) is 0 Å². The molecule has 0 aliphatic heterocycles. The van der Waals surface area contributed by atoms with Crippen LogP contribution in [0.15, 0.2) is 81.7 Å². The molecule has 4 rings (SSSR count). The maximum Gasteiger partial charge on any atom is 0.257 e. The van der Waals surface area contributed by atoms with Gasteiger partial charge in [0, 0.05) is 26.5 Å². The number of fused-ring (bicyclic) bond motifs is 1. The Hall–Kier alpha value is -2.57. The molecule has 0 aliphatic carbocycles. The van der Waals surface area contributed by atoms with Gasteiger partial charge < -0.3 is 0 Å². The standard InChI is InChI=1S/C25H21Br2N2O2/c1-2-25-28(15-23(30)17-7-11-19(26)12-8-17)21-5-3-4-6-22(21)29(25)16-24(31)18-9-13-20(27)14-10-18/h3-14H,2,15-16H2,1H3/q+1. The van der Waals surface area contributed by atoms with E-state index in [4.69, 9.17) is 0 Å². The molecule has 0 fully saturated rings. The largest absolute Gasteiger partial charge is 0.290 e. The second kappa shape index (κ2) is 9.28. The van der Waals surface area contributed by atoms with E-state index in [1.54, 1.807) is 0 Å². The number of para-hydroxylation sites is 2. The van der Waals surface area contributed by atoms with Gasteiger partial charge in [0.25, 0.3) is 5.82 Å². The molecule has 31 heavy (non-hydrogen) atoms. The fourth-order valence-electron chi connectivity index (χ4n) is 3.82. The first kappa shape index (κ1) is 21.7. The summed E-state index contributed by atoms with van der Waals surface area (Å²) in [6, 6.07) is 22.7. The van der Waals surface area contributed by atoms with Crippen LogP contribution in [-0.2, 0) is 19.5 Å². The number of nitrogens with zero attached hydrogens (tertiary/aromatic N) is 2. The monoisotopic (exact) mass is 539 g/mol.